The van der Waals surface area contributed by atoms with E-state index in [1.54, 1.807) is 6.20 Å². The van der Waals surface area contributed by atoms with Gasteiger partial charge in [0.05, 0.1) is 5.56 Å². The minimum atomic E-state index is -0.0159. The summed E-state index contributed by atoms with van der Waals surface area (Å²) in [5.74, 6) is 0.759. The first-order valence-corrected chi connectivity index (χ1v) is 6.95. The van der Waals surface area contributed by atoms with Crippen LogP contribution in [0, 0.1) is 0 Å². The number of rotatable bonds is 4. The van der Waals surface area contributed by atoms with Crippen LogP contribution >= 0.6 is 0 Å². The molecule has 0 aromatic carbocycles. The lowest BCUT2D eigenvalue weighted by molar-refractivity contribution is 0.0937. The molecule has 2 fully saturated rings. The van der Waals surface area contributed by atoms with Crippen LogP contribution in [-0.4, -0.2) is 48.0 Å². The molecule has 1 aromatic rings. The fourth-order valence-electron chi connectivity index (χ4n) is 2.62. The Morgan fingerprint density at radius 2 is 2.21 bits per heavy atom. The average molecular weight is 260 g/mol. The van der Waals surface area contributed by atoms with Crippen LogP contribution in [-0.2, 0) is 0 Å². The Balaban J connectivity index is 1.55. The Morgan fingerprint density at radius 3 is 2.84 bits per heavy atom. The Hall–Kier alpha value is -1.62. The number of carbonyl (C=O) groups excluding carboxylic acids is 1. The van der Waals surface area contributed by atoms with Crippen LogP contribution in [0.3, 0.4) is 0 Å². The summed E-state index contributed by atoms with van der Waals surface area (Å²) in [6.45, 7) is 2.12. The highest BCUT2D eigenvalue weighted by Gasteiger charge is 2.34. The average Bonchev–Trinajstić information content (AvgIpc) is 3.20. The maximum absolute atomic E-state index is 12.1. The summed E-state index contributed by atoms with van der Waals surface area (Å²) in [6, 6.07) is 4.71. The van der Waals surface area contributed by atoms with E-state index in [0.717, 1.165) is 31.4 Å². The molecule has 19 heavy (non-hydrogen) atoms. The van der Waals surface area contributed by atoms with Gasteiger partial charge in [0.1, 0.15) is 5.82 Å². The maximum atomic E-state index is 12.1. The van der Waals surface area contributed by atoms with E-state index in [4.69, 9.17) is 0 Å². The number of hydrogen-bond acceptors (Lipinski definition) is 4. The fourth-order valence-corrected chi connectivity index (χ4v) is 2.62. The smallest absolute Gasteiger partial charge is 0.253 e. The van der Waals surface area contributed by atoms with Gasteiger partial charge in [-0.05, 0) is 31.4 Å². The monoisotopic (exact) mass is 260 g/mol. The number of aromatic nitrogens is 1. The highest BCUT2D eigenvalue weighted by molar-refractivity contribution is 5.94. The second kappa shape index (κ2) is 5.17. The lowest BCUT2D eigenvalue weighted by Gasteiger charge is -2.15. The van der Waals surface area contributed by atoms with E-state index in [9.17, 15) is 4.79 Å². The van der Waals surface area contributed by atoms with Gasteiger partial charge in [-0.3, -0.25) is 9.69 Å². The second-order valence-corrected chi connectivity index (χ2v) is 5.37. The minimum absolute atomic E-state index is 0.0159. The van der Waals surface area contributed by atoms with E-state index in [0.29, 0.717) is 5.56 Å². The van der Waals surface area contributed by atoms with E-state index in [2.05, 4.69) is 20.5 Å². The molecular weight excluding hydrogens is 240 g/mol. The Bertz CT molecular complexity index is 455. The SMILES string of the molecule is CNc1ccc(C(=O)NC2CCN(C3CC3)C2)cn1. The maximum Gasteiger partial charge on any atom is 0.253 e. The van der Waals surface area contributed by atoms with Gasteiger partial charge in [-0.25, -0.2) is 4.98 Å². The zero-order chi connectivity index (χ0) is 13.2. The molecule has 1 aliphatic heterocycles. The number of pyridine rings is 1. The van der Waals surface area contributed by atoms with Crippen molar-refractivity contribution < 1.29 is 4.79 Å². The zero-order valence-corrected chi connectivity index (χ0v) is 11.2. The van der Waals surface area contributed by atoms with Gasteiger partial charge in [-0.1, -0.05) is 0 Å². The quantitative estimate of drug-likeness (QED) is 0.851. The van der Waals surface area contributed by atoms with Gasteiger partial charge < -0.3 is 10.6 Å². The molecular formula is C14H20N4O. The summed E-state index contributed by atoms with van der Waals surface area (Å²) >= 11 is 0. The van der Waals surface area contributed by atoms with Crippen LogP contribution in [0.4, 0.5) is 5.82 Å². The van der Waals surface area contributed by atoms with Crippen molar-refractivity contribution in [2.75, 3.05) is 25.5 Å². The van der Waals surface area contributed by atoms with Gasteiger partial charge in [-0.2, -0.15) is 0 Å². The number of nitrogens with one attached hydrogen (secondary N) is 2. The summed E-state index contributed by atoms with van der Waals surface area (Å²) in [5, 5.41) is 6.05. The summed E-state index contributed by atoms with van der Waals surface area (Å²) in [4.78, 5) is 18.8. The molecule has 5 heteroatoms. The van der Waals surface area contributed by atoms with Gasteiger partial charge >= 0.3 is 0 Å². The van der Waals surface area contributed by atoms with Crippen molar-refractivity contribution in [1.82, 2.24) is 15.2 Å². The van der Waals surface area contributed by atoms with E-state index in [1.165, 1.54) is 12.8 Å². The third-order valence-electron chi connectivity index (χ3n) is 3.90. The van der Waals surface area contributed by atoms with E-state index >= 15 is 0 Å². The predicted molar refractivity (Wildman–Crippen MR) is 74.2 cm³/mol. The standard InChI is InChI=1S/C14H20N4O/c1-15-13-5-2-10(8-16-13)14(19)17-11-6-7-18(9-11)12-3-4-12/h2,5,8,11-12H,3-4,6-7,9H2,1H3,(H,15,16)(H,17,19). The summed E-state index contributed by atoms with van der Waals surface area (Å²) in [5.41, 5.74) is 0.629. The van der Waals surface area contributed by atoms with Crippen molar-refractivity contribution in [3.8, 4) is 0 Å². The van der Waals surface area contributed by atoms with E-state index < -0.39 is 0 Å². The largest absolute Gasteiger partial charge is 0.373 e. The molecule has 3 rings (SSSR count). The van der Waals surface area contributed by atoms with Crippen LogP contribution in [0.1, 0.15) is 29.6 Å². The molecule has 2 N–H and O–H groups in total. The molecule has 1 saturated carbocycles. The highest BCUT2D eigenvalue weighted by Crippen LogP contribution is 2.29. The third kappa shape index (κ3) is 2.87. The van der Waals surface area contributed by atoms with Crippen molar-refractivity contribution in [2.24, 2.45) is 0 Å². The first kappa shape index (κ1) is 12.4. The van der Waals surface area contributed by atoms with Gasteiger partial charge in [0.2, 0.25) is 0 Å². The van der Waals surface area contributed by atoms with Crippen LogP contribution in [0.25, 0.3) is 0 Å². The van der Waals surface area contributed by atoms with Gasteiger partial charge in [0, 0.05) is 38.4 Å². The third-order valence-corrected chi connectivity index (χ3v) is 3.90. The Labute approximate surface area is 113 Å². The summed E-state index contributed by atoms with van der Waals surface area (Å²) < 4.78 is 0. The molecule has 0 spiro atoms. The Morgan fingerprint density at radius 1 is 1.37 bits per heavy atom. The molecule has 1 amide bonds. The number of anilines is 1. The summed E-state index contributed by atoms with van der Waals surface area (Å²) in [7, 11) is 1.81. The first-order valence-electron chi connectivity index (χ1n) is 6.95. The van der Waals surface area contributed by atoms with Crippen molar-refractivity contribution >= 4 is 11.7 Å². The van der Waals surface area contributed by atoms with Crippen LogP contribution in [0.2, 0.25) is 0 Å². The molecule has 2 heterocycles. The molecule has 0 bridgehead atoms. The molecule has 1 atom stereocenters. The van der Waals surface area contributed by atoms with Gasteiger partial charge in [0.15, 0.2) is 0 Å². The van der Waals surface area contributed by atoms with E-state index in [1.807, 2.05) is 19.2 Å². The molecule has 5 nitrogen and oxygen atoms in total. The number of carbonyl (C=O) groups is 1. The minimum Gasteiger partial charge on any atom is -0.373 e. The lowest BCUT2D eigenvalue weighted by Crippen LogP contribution is -2.37. The van der Waals surface area contributed by atoms with Crippen molar-refractivity contribution in [2.45, 2.75) is 31.3 Å². The summed E-state index contributed by atoms with van der Waals surface area (Å²) in [6.07, 6.45) is 5.34. The van der Waals surface area contributed by atoms with Crippen LogP contribution in [0.5, 0.6) is 0 Å². The number of nitrogens with zero attached hydrogens (tertiary/aromatic N) is 2. The first-order chi connectivity index (χ1) is 9.26. The Kier molecular flexibility index (Phi) is 3.38. The van der Waals surface area contributed by atoms with Gasteiger partial charge in [0.25, 0.3) is 5.91 Å². The molecule has 1 saturated heterocycles. The van der Waals surface area contributed by atoms with E-state index in [-0.39, 0.29) is 11.9 Å². The molecule has 1 unspecified atom stereocenters. The number of hydrogen-bond donors (Lipinski definition) is 2. The highest BCUT2D eigenvalue weighted by atomic mass is 16.1. The van der Waals surface area contributed by atoms with Crippen molar-refractivity contribution in [3.05, 3.63) is 23.9 Å². The van der Waals surface area contributed by atoms with Crippen molar-refractivity contribution in [1.29, 1.82) is 0 Å². The fraction of sp³-hybridized carbons (Fsp3) is 0.571. The second-order valence-electron chi connectivity index (χ2n) is 5.37. The molecule has 2 aliphatic rings. The molecule has 1 aliphatic carbocycles. The lowest BCUT2D eigenvalue weighted by atomic mass is 10.2. The zero-order valence-electron chi connectivity index (χ0n) is 11.2. The predicted octanol–water partition coefficient (Wildman–Crippen LogP) is 1.09. The molecule has 1 aromatic heterocycles. The molecule has 102 valence electrons. The van der Waals surface area contributed by atoms with Gasteiger partial charge in [-0.15, -0.1) is 0 Å². The van der Waals surface area contributed by atoms with Crippen LogP contribution in [0.15, 0.2) is 18.3 Å². The van der Waals surface area contributed by atoms with Crippen molar-refractivity contribution in [3.63, 3.8) is 0 Å². The number of amides is 1. The molecule has 0 radical (unpaired) electrons. The number of likely N-dealkylation sites (tertiary alicyclic amines) is 1. The normalized spacial score (nSPS) is 23.3. The topological polar surface area (TPSA) is 57.3 Å². The van der Waals surface area contributed by atoms with Crippen LogP contribution < -0.4 is 10.6 Å².